The molecule has 0 saturated heterocycles. The molecule has 0 heterocycles. The van der Waals surface area contributed by atoms with Crippen LogP contribution in [0, 0.1) is 11.3 Å². The Morgan fingerprint density at radius 3 is 2.71 bits per heavy atom. The molecule has 0 bridgehead atoms. The van der Waals surface area contributed by atoms with Crippen LogP contribution in [0.25, 0.3) is 0 Å². The monoisotopic (exact) mass is 255 g/mol. The van der Waals surface area contributed by atoms with Crippen LogP contribution in [-0.4, -0.2) is 18.2 Å². The Morgan fingerprint density at radius 1 is 1.64 bits per heavy atom. The lowest BCUT2D eigenvalue weighted by atomic mass is 10.1. The molecule has 0 radical (unpaired) electrons. The van der Waals surface area contributed by atoms with Crippen molar-refractivity contribution in [1.29, 1.82) is 5.26 Å². The maximum atomic E-state index is 10.8. The summed E-state index contributed by atoms with van der Waals surface area (Å²) in [5.41, 5.74) is 0.166. The van der Waals surface area contributed by atoms with E-state index in [-0.39, 0.29) is 16.9 Å². The van der Waals surface area contributed by atoms with Crippen LogP contribution in [0.1, 0.15) is 15.9 Å². The van der Waals surface area contributed by atoms with Gasteiger partial charge in [0.2, 0.25) is 0 Å². The number of hydrogen-bond donors (Lipinski definition) is 1. The van der Waals surface area contributed by atoms with Gasteiger partial charge in [0.05, 0.1) is 7.11 Å². The second-order valence-electron chi connectivity index (χ2n) is 2.42. The third kappa shape index (κ3) is 1.70. The minimum absolute atomic E-state index is 0.0211. The highest BCUT2D eigenvalue weighted by atomic mass is 79.9. The fourth-order valence-corrected chi connectivity index (χ4v) is 1.44. The summed E-state index contributed by atoms with van der Waals surface area (Å²) >= 11 is 3.14. The third-order valence-corrected chi connectivity index (χ3v) is 2.31. The molecule has 1 rings (SSSR count). The summed E-state index contributed by atoms with van der Waals surface area (Å²) in [7, 11) is 1.33. The summed E-state index contributed by atoms with van der Waals surface area (Å²) in [5.74, 6) is -1.04. The average molecular weight is 256 g/mol. The minimum Gasteiger partial charge on any atom is -0.494 e. The van der Waals surface area contributed by atoms with Gasteiger partial charge in [0.1, 0.15) is 17.2 Å². The molecule has 1 aromatic rings. The first-order valence-electron chi connectivity index (χ1n) is 3.61. The second kappa shape index (κ2) is 4.11. The molecule has 0 saturated carbocycles. The van der Waals surface area contributed by atoms with Crippen molar-refractivity contribution in [2.75, 3.05) is 7.11 Å². The lowest BCUT2D eigenvalue weighted by Crippen LogP contribution is -2.02. The number of nitriles is 1. The number of benzene rings is 1. The highest BCUT2D eigenvalue weighted by molar-refractivity contribution is 9.10. The van der Waals surface area contributed by atoms with Crippen molar-refractivity contribution in [3.8, 4) is 11.8 Å². The molecule has 1 N–H and O–H groups in total. The zero-order valence-electron chi connectivity index (χ0n) is 7.24. The van der Waals surface area contributed by atoms with E-state index in [0.717, 1.165) is 0 Å². The van der Waals surface area contributed by atoms with E-state index in [1.807, 2.05) is 6.07 Å². The molecule has 1 aromatic carbocycles. The molecule has 72 valence electrons. The standard InChI is InChI=1S/C9H6BrNO3/c1-14-8-5(9(12)13)2-3-7(10)6(8)4-11/h2-3H,1H3,(H,12,13). The summed E-state index contributed by atoms with van der Waals surface area (Å²) in [6.45, 7) is 0. The van der Waals surface area contributed by atoms with Gasteiger partial charge in [-0.15, -0.1) is 0 Å². The molecule has 0 amide bonds. The van der Waals surface area contributed by atoms with Crippen molar-refractivity contribution in [2.45, 2.75) is 0 Å². The van der Waals surface area contributed by atoms with Gasteiger partial charge in [-0.2, -0.15) is 5.26 Å². The first-order chi connectivity index (χ1) is 6.61. The van der Waals surface area contributed by atoms with Gasteiger partial charge in [0.25, 0.3) is 0 Å². The van der Waals surface area contributed by atoms with Crippen LogP contribution in [0.15, 0.2) is 16.6 Å². The SMILES string of the molecule is COc1c(C(=O)O)ccc(Br)c1C#N. The second-order valence-corrected chi connectivity index (χ2v) is 3.27. The number of rotatable bonds is 2. The quantitative estimate of drug-likeness (QED) is 0.878. The van der Waals surface area contributed by atoms with Crippen LogP contribution >= 0.6 is 15.9 Å². The van der Waals surface area contributed by atoms with E-state index in [0.29, 0.717) is 4.47 Å². The summed E-state index contributed by atoms with van der Waals surface area (Å²) < 4.78 is 5.39. The zero-order chi connectivity index (χ0) is 10.7. The lowest BCUT2D eigenvalue weighted by molar-refractivity contribution is 0.0693. The Kier molecular flexibility index (Phi) is 3.10. The molecule has 0 aliphatic carbocycles. The fraction of sp³-hybridized carbons (Fsp3) is 0.111. The van der Waals surface area contributed by atoms with E-state index < -0.39 is 5.97 Å². The Morgan fingerprint density at radius 2 is 2.29 bits per heavy atom. The van der Waals surface area contributed by atoms with Crippen LogP contribution in [0.5, 0.6) is 5.75 Å². The van der Waals surface area contributed by atoms with Gasteiger partial charge in [0.15, 0.2) is 5.75 Å². The maximum Gasteiger partial charge on any atom is 0.339 e. The van der Waals surface area contributed by atoms with Crippen molar-refractivity contribution in [3.05, 3.63) is 27.7 Å². The van der Waals surface area contributed by atoms with E-state index in [4.69, 9.17) is 15.1 Å². The van der Waals surface area contributed by atoms with Crippen LogP contribution < -0.4 is 4.74 Å². The zero-order valence-corrected chi connectivity index (χ0v) is 8.83. The van der Waals surface area contributed by atoms with Crippen LogP contribution in [0.3, 0.4) is 0 Å². The highest BCUT2D eigenvalue weighted by Crippen LogP contribution is 2.29. The Balaban J connectivity index is 3.50. The molecule has 0 aliphatic rings. The van der Waals surface area contributed by atoms with Gasteiger partial charge in [0, 0.05) is 4.47 Å². The largest absolute Gasteiger partial charge is 0.494 e. The number of nitrogens with zero attached hydrogens (tertiary/aromatic N) is 1. The number of halogens is 1. The molecule has 14 heavy (non-hydrogen) atoms. The number of carboxylic acid groups (broad SMARTS) is 1. The molecule has 5 heteroatoms. The highest BCUT2D eigenvalue weighted by Gasteiger charge is 2.17. The number of aromatic carboxylic acids is 1. The van der Waals surface area contributed by atoms with Crippen molar-refractivity contribution < 1.29 is 14.6 Å². The molecular formula is C9H6BrNO3. The first kappa shape index (κ1) is 10.5. The first-order valence-corrected chi connectivity index (χ1v) is 4.41. The van der Waals surface area contributed by atoms with E-state index in [2.05, 4.69) is 15.9 Å². The summed E-state index contributed by atoms with van der Waals surface area (Å²) in [5, 5.41) is 17.6. The van der Waals surface area contributed by atoms with Gasteiger partial charge in [-0.05, 0) is 28.1 Å². The van der Waals surface area contributed by atoms with E-state index in [1.165, 1.54) is 19.2 Å². The van der Waals surface area contributed by atoms with E-state index in [9.17, 15) is 4.79 Å². The van der Waals surface area contributed by atoms with Crippen molar-refractivity contribution in [2.24, 2.45) is 0 Å². The Bertz CT molecular complexity index is 423. The lowest BCUT2D eigenvalue weighted by Gasteiger charge is -2.07. The van der Waals surface area contributed by atoms with Crippen LogP contribution in [0.4, 0.5) is 0 Å². The van der Waals surface area contributed by atoms with Crippen LogP contribution in [0.2, 0.25) is 0 Å². The van der Waals surface area contributed by atoms with Crippen LogP contribution in [-0.2, 0) is 0 Å². The topological polar surface area (TPSA) is 70.3 Å². The Hall–Kier alpha value is -1.54. The van der Waals surface area contributed by atoms with Crippen molar-refractivity contribution in [1.82, 2.24) is 0 Å². The minimum atomic E-state index is -1.12. The molecular weight excluding hydrogens is 250 g/mol. The van der Waals surface area contributed by atoms with E-state index in [1.54, 1.807) is 0 Å². The number of carbonyl (C=O) groups is 1. The average Bonchev–Trinajstić information content (AvgIpc) is 2.16. The van der Waals surface area contributed by atoms with Crippen molar-refractivity contribution >= 4 is 21.9 Å². The van der Waals surface area contributed by atoms with Gasteiger partial charge in [-0.3, -0.25) is 0 Å². The molecule has 0 spiro atoms. The molecule has 0 aliphatic heterocycles. The number of methoxy groups -OCH3 is 1. The van der Waals surface area contributed by atoms with Gasteiger partial charge >= 0.3 is 5.97 Å². The fourth-order valence-electron chi connectivity index (χ4n) is 1.04. The van der Waals surface area contributed by atoms with Gasteiger partial charge in [-0.1, -0.05) is 0 Å². The summed E-state index contributed by atoms with van der Waals surface area (Å²) in [6, 6.07) is 4.76. The molecule has 0 atom stereocenters. The number of hydrogen-bond acceptors (Lipinski definition) is 3. The molecule has 0 aromatic heterocycles. The maximum absolute atomic E-state index is 10.8. The van der Waals surface area contributed by atoms with Gasteiger partial charge < -0.3 is 9.84 Å². The van der Waals surface area contributed by atoms with E-state index >= 15 is 0 Å². The molecule has 0 unspecified atom stereocenters. The third-order valence-electron chi connectivity index (χ3n) is 1.65. The molecule has 4 nitrogen and oxygen atoms in total. The normalized spacial score (nSPS) is 9.21. The summed E-state index contributed by atoms with van der Waals surface area (Å²) in [4.78, 5) is 10.8. The predicted molar refractivity (Wildman–Crippen MR) is 52.4 cm³/mol. The number of carboxylic acids is 1. The smallest absolute Gasteiger partial charge is 0.339 e. The number of ether oxygens (including phenoxy) is 1. The predicted octanol–water partition coefficient (Wildman–Crippen LogP) is 2.03. The van der Waals surface area contributed by atoms with Crippen molar-refractivity contribution in [3.63, 3.8) is 0 Å². The Labute approximate surface area is 88.9 Å². The van der Waals surface area contributed by atoms with Gasteiger partial charge in [-0.25, -0.2) is 4.79 Å². The molecule has 0 fully saturated rings. The summed E-state index contributed by atoms with van der Waals surface area (Å²) in [6.07, 6.45) is 0.